The van der Waals surface area contributed by atoms with Gasteiger partial charge >= 0.3 is 0 Å². The van der Waals surface area contributed by atoms with Crippen LogP contribution in [0.5, 0.6) is 0 Å². The van der Waals surface area contributed by atoms with Crippen molar-refractivity contribution in [3.8, 4) is 0 Å². The van der Waals surface area contributed by atoms with Gasteiger partial charge in [0.05, 0.1) is 17.4 Å². The lowest BCUT2D eigenvalue weighted by atomic mass is 10.1. The Kier molecular flexibility index (Phi) is 6.48. The molecule has 1 atom stereocenters. The van der Waals surface area contributed by atoms with E-state index in [4.69, 9.17) is 16.7 Å². The normalized spacial score (nSPS) is 19.1. The van der Waals surface area contributed by atoms with Crippen molar-refractivity contribution in [3.63, 3.8) is 0 Å². The number of amides is 1. The summed E-state index contributed by atoms with van der Waals surface area (Å²) in [7, 11) is 1.84. The standard InChI is InChI=1S/C15H23ClN2O2S/c1-17(10-13-6-7-14(16)21-13)15(20)11-18-8-2-4-12(18)5-3-9-19/h6-7,12,19H,2-5,8-11H2,1H3. The van der Waals surface area contributed by atoms with Gasteiger partial charge in [-0.05, 0) is 44.4 Å². The van der Waals surface area contributed by atoms with Crippen molar-refractivity contribution in [1.82, 2.24) is 9.80 Å². The second-order valence-electron chi connectivity index (χ2n) is 5.59. The van der Waals surface area contributed by atoms with Gasteiger partial charge in [-0.1, -0.05) is 11.6 Å². The molecule has 0 spiro atoms. The van der Waals surface area contributed by atoms with Crippen LogP contribution in [-0.2, 0) is 11.3 Å². The van der Waals surface area contributed by atoms with Gasteiger partial charge in [0.15, 0.2) is 0 Å². The number of hydrogen-bond acceptors (Lipinski definition) is 4. The number of likely N-dealkylation sites (N-methyl/N-ethyl adjacent to an activating group) is 1. The lowest BCUT2D eigenvalue weighted by Gasteiger charge is -2.26. The molecule has 1 aromatic rings. The molecule has 1 amide bonds. The van der Waals surface area contributed by atoms with Crippen molar-refractivity contribution < 1.29 is 9.90 Å². The van der Waals surface area contributed by atoms with Crippen LogP contribution in [0.3, 0.4) is 0 Å². The van der Waals surface area contributed by atoms with E-state index in [1.54, 1.807) is 4.90 Å². The number of halogens is 1. The fourth-order valence-corrected chi connectivity index (χ4v) is 3.95. The van der Waals surface area contributed by atoms with Gasteiger partial charge < -0.3 is 10.0 Å². The van der Waals surface area contributed by atoms with E-state index < -0.39 is 0 Å². The van der Waals surface area contributed by atoms with Crippen LogP contribution in [0.4, 0.5) is 0 Å². The molecule has 0 saturated carbocycles. The maximum atomic E-state index is 12.3. The number of aliphatic hydroxyl groups excluding tert-OH is 1. The molecular formula is C15H23ClN2O2S. The number of aliphatic hydroxyl groups is 1. The lowest BCUT2D eigenvalue weighted by Crippen LogP contribution is -2.40. The van der Waals surface area contributed by atoms with Gasteiger partial charge in [-0.15, -0.1) is 11.3 Å². The zero-order valence-corrected chi connectivity index (χ0v) is 14.0. The molecule has 6 heteroatoms. The second-order valence-corrected chi connectivity index (χ2v) is 7.39. The topological polar surface area (TPSA) is 43.8 Å². The predicted molar refractivity (Wildman–Crippen MR) is 86.7 cm³/mol. The molecule has 118 valence electrons. The molecule has 1 unspecified atom stereocenters. The third-order valence-electron chi connectivity index (χ3n) is 3.98. The van der Waals surface area contributed by atoms with E-state index in [1.807, 2.05) is 19.2 Å². The Morgan fingerprint density at radius 3 is 3.05 bits per heavy atom. The average Bonchev–Trinajstić information content (AvgIpc) is 3.05. The fraction of sp³-hybridized carbons (Fsp3) is 0.667. The molecule has 1 aliphatic rings. The minimum atomic E-state index is 0.149. The van der Waals surface area contributed by atoms with Crippen molar-refractivity contribution in [3.05, 3.63) is 21.3 Å². The molecule has 4 nitrogen and oxygen atoms in total. The molecule has 1 fully saturated rings. The minimum absolute atomic E-state index is 0.149. The van der Waals surface area contributed by atoms with Gasteiger partial charge in [0.25, 0.3) is 0 Å². The van der Waals surface area contributed by atoms with Gasteiger partial charge in [0.2, 0.25) is 5.91 Å². The molecule has 1 saturated heterocycles. The van der Waals surface area contributed by atoms with Crippen LogP contribution in [0, 0.1) is 0 Å². The summed E-state index contributed by atoms with van der Waals surface area (Å²) in [5.74, 6) is 0.149. The maximum Gasteiger partial charge on any atom is 0.236 e. The SMILES string of the molecule is CN(Cc1ccc(Cl)s1)C(=O)CN1CCCC1CCCO. The molecule has 0 radical (unpaired) electrons. The quantitative estimate of drug-likeness (QED) is 0.835. The molecule has 21 heavy (non-hydrogen) atoms. The van der Waals surface area contributed by atoms with Gasteiger partial charge in [-0.2, -0.15) is 0 Å². The Morgan fingerprint density at radius 2 is 2.38 bits per heavy atom. The molecule has 0 aliphatic carbocycles. The highest BCUT2D eigenvalue weighted by atomic mass is 35.5. The fourth-order valence-electron chi connectivity index (χ4n) is 2.81. The van der Waals surface area contributed by atoms with E-state index >= 15 is 0 Å². The monoisotopic (exact) mass is 330 g/mol. The van der Waals surface area contributed by atoms with E-state index in [0.717, 1.165) is 41.4 Å². The number of nitrogens with zero attached hydrogens (tertiary/aromatic N) is 2. The minimum Gasteiger partial charge on any atom is -0.396 e. The first-order chi connectivity index (χ1) is 10.1. The molecule has 1 aliphatic heterocycles. The van der Waals surface area contributed by atoms with Gasteiger partial charge in [-0.3, -0.25) is 9.69 Å². The average molecular weight is 331 g/mol. The van der Waals surface area contributed by atoms with Crippen LogP contribution in [0.1, 0.15) is 30.6 Å². The number of carbonyl (C=O) groups excluding carboxylic acids is 1. The Balaban J connectivity index is 1.82. The predicted octanol–water partition coefficient (Wildman–Crippen LogP) is 2.60. The van der Waals surface area contributed by atoms with Crippen LogP contribution in [0.25, 0.3) is 0 Å². The van der Waals surface area contributed by atoms with Crippen molar-refractivity contribution in [2.75, 3.05) is 26.7 Å². The van der Waals surface area contributed by atoms with Crippen molar-refractivity contribution >= 4 is 28.8 Å². The van der Waals surface area contributed by atoms with E-state index in [0.29, 0.717) is 19.1 Å². The van der Waals surface area contributed by atoms with Crippen LogP contribution in [-0.4, -0.2) is 53.6 Å². The van der Waals surface area contributed by atoms with Crippen molar-refractivity contribution in [2.24, 2.45) is 0 Å². The zero-order chi connectivity index (χ0) is 15.2. The summed E-state index contributed by atoms with van der Waals surface area (Å²) in [4.78, 5) is 17.5. The highest BCUT2D eigenvalue weighted by Gasteiger charge is 2.26. The number of likely N-dealkylation sites (tertiary alicyclic amines) is 1. The van der Waals surface area contributed by atoms with Gasteiger partial charge in [-0.25, -0.2) is 0 Å². The summed E-state index contributed by atoms with van der Waals surface area (Å²) in [6.45, 7) is 2.31. The van der Waals surface area contributed by atoms with Crippen LogP contribution in [0.15, 0.2) is 12.1 Å². The molecule has 2 rings (SSSR count). The van der Waals surface area contributed by atoms with E-state index in [1.165, 1.54) is 11.3 Å². The van der Waals surface area contributed by atoms with E-state index in [2.05, 4.69) is 4.90 Å². The smallest absolute Gasteiger partial charge is 0.236 e. The molecule has 0 aromatic carbocycles. The molecule has 2 heterocycles. The molecule has 0 bridgehead atoms. The second kappa shape index (κ2) is 8.13. The summed E-state index contributed by atoms with van der Waals surface area (Å²) in [6, 6.07) is 4.28. The highest BCUT2D eigenvalue weighted by molar-refractivity contribution is 7.16. The first kappa shape index (κ1) is 16.7. The highest BCUT2D eigenvalue weighted by Crippen LogP contribution is 2.23. The van der Waals surface area contributed by atoms with Crippen LogP contribution in [0.2, 0.25) is 4.34 Å². The maximum absolute atomic E-state index is 12.3. The van der Waals surface area contributed by atoms with Gasteiger partial charge in [0, 0.05) is 24.6 Å². The van der Waals surface area contributed by atoms with Gasteiger partial charge in [0.1, 0.15) is 0 Å². The summed E-state index contributed by atoms with van der Waals surface area (Å²) < 4.78 is 0.759. The van der Waals surface area contributed by atoms with E-state index in [9.17, 15) is 4.79 Å². The molecular weight excluding hydrogens is 308 g/mol. The van der Waals surface area contributed by atoms with E-state index in [-0.39, 0.29) is 12.5 Å². The third kappa shape index (κ3) is 4.95. The lowest BCUT2D eigenvalue weighted by molar-refractivity contribution is -0.131. The zero-order valence-electron chi connectivity index (χ0n) is 12.4. The van der Waals surface area contributed by atoms with Crippen molar-refractivity contribution in [2.45, 2.75) is 38.3 Å². The summed E-state index contributed by atoms with van der Waals surface area (Å²) >= 11 is 7.43. The third-order valence-corrected chi connectivity index (χ3v) is 5.20. The first-order valence-electron chi connectivity index (χ1n) is 7.43. The van der Waals surface area contributed by atoms with Crippen LogP contribution < -0.4 is 0 Å². The summed E-state index contributed by atoms with van der Waals surface area (Å²) in [6.07, 6.45) is 4.08. The number of thiophene rings is 1. The summed E-state index contributed by atoms with van der Waals surface area (Å²) in [5.41, 5.74) is 0. The number of rotatable bonds is 7. The Hall–Kier alpha value is -0.620. The number of carbonyl (C=O) groups is 1. The van der Waals surface area contributed by atoms with Crippen LogP contribution >= 0.6 is 22.9 Å². The first-order valence-corrected chi connectivity index (χ1v) is 8.62. The van der Waals surface area contributed by atoms with Crippen molar-refractivity contribution in [1.29, 1.82) is 0 Å². The Labute approximate surface area is 135 Å². The number of hydrogen-bond donors (Lipinski definition) is 1. The Morgan fingerprint density at radius 1 is 1.57 bits per heavy atom. The largest absolute Gasteiger partial charge is 0.396 e. The molecule has 1 N–H and O–H groups in total. The molecule has 1 aromatic heterocycles. The Bertz CT molecular complexity index is 466. The summed E-state index contributed by atoms with van der Waals surface area (Å²) in [5, 5.41) is 8.95.